The molecule has 17 heavy (non-hydrogen) atoms. The van der Waals surface area contributed by atoms with Crippen LogP contribution in [0.15, 0.2) is 12.1 Å². The molecule has 1 heterocycles. The second-order valence-corrected chi connectivity index (χ2v) is 5.83. The van der Waals surface area contributed by atoms with E-state index in [1.54, 1.807) is 12.1 Å². The minimum atomic E-state index is -0.127. The number of amides is 1. The van der Waals surface area contributed by atoms with Crippen molar-refractivity contribution in [2.75, 3.05) is 0 Å². The first-order chi connectivity index (χ1) is 7.70. The molecule has 94 valence electrons. The van der Waals surface area contributed by atoms with Gasteiger partial charge in [0, 0.05) is 22.7 Å². The largest absolute Gasteiger partial charge is 0.350 e. The van der Waals surface area contributed by atoms with Crippen LogP contribution in [-0.4, -0.2) is 16.9 Å². The molecule has 1 rings (SSSR count). The van der Waals surface area contributed by atoms with Crippen molar-refractivity contribution < 1.29 is 4.79 Å². The van der Waals surface area contributed by atoms with Crippen molar-refractivity contribution in [3.63, 3.8) is 0 Å². The first-order valence-corrected chi connectivity index (χ1v) is 6.07. The predicted octanol–water partition coefficient (Wildman–Crippen LogP) is 3.17. The zero-order chi connectivity index (χ0) is 13.2. The van der Waals surface area contributed by atoms with Crippen LogP contribution >= 0.6 is 11.6 Å². The number of hydrogen-bond donors (Lipinski definition) is 1. The normalized spacial score (nSPS) is 11.7. The molecule has 0 unspecified atom stereocenters. The Bertz CT molecular complexity index is 422. The van der Waals surface area contributed by atoms with Gasteiger partial charge in [0.25, 0.3) is 5.91 Å². The number of nitrogens with one attached hydrogen (secondary N) is 1. The molecule has 0 spiro atoms. The third-order valence-electron chi connectivity index (χ3n) is 2.24. The summed E-state index contributed by atoms with van der Waals surface area (Å²) in [5.41, 5.74) is 1.25. The summed E-state index contributed by atoms with van der Waals surface area (Å²) < 4.78 is 0. The summed E-state index contributed by atoms with van der Waals surface area (Å²) in [7, 11) is 0. The highest BCUT2D eigenvalue weighted by Crippen LogP contribution is 2.23. The summed E-state index contributed by atoms with van der Waals surface area (Å²) in [5.74, 6) is -0.116. The Balaban J connectivity index is 3.10. The van der Waals surface area contributed by atoms with E-state index in [1.165, 1.54) is 0 Å². The van der Waals surface area contributed by atoms with Gasteiger partial charge in [-0.1, -0.05) is 32.4 Å². The smallest absolute Gasteiger partial charge is 0.251 e. The van der Waals surface area contributed by atoms with Gasteiger partial charge in [-0.3, -0.25) is 4.79 Å². The van der Waals surface area contributed by atoms with Crippen LogP contribution in [0.4, 0.5) is 0 Å². The lowest BCUT2D eigenvalue weighted by molar-refractivity contribution is 0.0943. The Labute approximate surface area is 108 Å². The standard InChI is InChI=1S/C13H19ClN2O/c1-8(2)15-12(17)9-6-10(13(3,4)5)16-11(14)7-9/h6-8H,1-5H3,(H,15,17). The van der Waals surface area contributed by atoms with Gasteiger partial charge in [0.15, 0.2) is 0 Å². The van der Waals surface area contributed by atoms with E-state index < -0.39 is 0 Å². The number of pyridine rings is 1. The average Bonchev–Trinajstić information content (AvgIpc) is 2.14. The lowest BCUT2D eigenvalue weighted by Crippen LogP contribution is -2.30. The molecular formula is C13H19ClN2O. The minimum absolute atomic E-state index is 0.104. The molecule has 1 N–H and O–H groups in total. The monoisotopic (exact) mass is 254 g/mol. The molecule has 0 aliphatic rings. The van der Waals surface area contributed by atoms with Crippen molar-refractivity contribution >= 4 is 17.5 Å². The lowest BCUT2D eigenvalue weighted by Gasteiger charge is -2.19. The lowest BCUT2D eigenvalue weighted by atomic mass is 9.91. The molecule has 0 saturated heterocycles. The minimum Gasteiger partial charge on any atom is -0.350 e. The number of aromatic nitrogens is 1. The Morgan fingerprint density at radius 2 is 1.94 bits per heavy atom. The van der Waals surface area contributed by atoms with Crippen LogP contribution in [0.3, 0.4) is 0 Å². The van der Waals surface area contributed by atoms with Crippen LogP contribution in [0, 0.1) is 0 Å². The first-order valence-electron chi connectivity index (χ1n) is 5.69. The summed E-state index contributed by atoms with van der Waals surface area (Å²) in [4.78, 5) is 16.1. The molecule has 0 radical (unpaired) electrons. The molecule has 0 aliphatic heterocycles. The maximum absolute atomic E-state index is 11.9. The first kappa shape index (κ1) is 14.0. The van der Waals surface area contributed by atoms with Gasteiger partial charge in [0.2, 0.25) is 0 Å². The third-order valence-corrected chi connectivity index (χ3v) is 2.44. The van der Waals surface area contributed by atoms with Crippen LogP contribution in [0.1, 0.15) is 50.7 Å². The molecule has 1 amide bonds. The Morgan fingerprint density at radius 1 is 1.35 bits per heavy atom. The number of hydrogen-bond acceptors (Lipinski definition) is 2. The molecule has 4 heteroatoms. The second-order valence-electron chi connectivity index (χ2n) is 5.44. The van der Waals surface area contributed by atoms with E-state index in [0.29, 0.717) is 10.7 Å². The van der Waals surface area contributed by atoms with Gasteiger partial charge in [-0.25, -0.2) is 4.98 Å². The topological polar surface area (TPSA) is 42.0 Å². The van der Waals surface area contributed by atoms with Crippen molar-refractivity contribution in [1.82, 2.24) is 10.3 Å². The molecule has 0 atom stereocenters. The molecule has 0 fully saturated rings. The van der Waals surface area contributed by atoms with E-state index in [9.17, 15) is 4.79 Å². The van der Waals surface area contributed by atoms with Gasteiger partial charge >= 0.3 is 0 Å². The molecule has 1 aromatic rings. The van der Waals surface area contributed by atoms with E-state index >= 15 is 0 Å². The molecule has 0 aliphatic carbocycles. The highest BCUT2D eigenvalue weighted by molar-refractivity contribution is 6.29. The number of carbonyl (C=O) groups is 1. The molecule has 0 saturated carbocycles. The number of rotatable bonds is 2. The van der Waals surface area contributed by atoms with E-state index in [-0.39, 0.29) is 17.4 Å². The van der Waals surface area contributed by atoms with Crippen LogP contribution < -0.4 is 5.32 Å². The fraction of sp³-hybridized carbons (Fsp3) is 0.538. The maximum atomic E-state index is 11.9. The summed E-state index contributed by atoms with van der Waals surface area (Å²) in [5, 5.41) is 3.19. The van der Waals surface area contributed by atoms with Crippen molar-refractivity contribution in [3.05, 3.63) is 28.5 Å². The Kier molecular flexibility index (Phi) is 4.15. The molecule has 0 aromatic carbocycles. The van der Waals surface area contributed by atoms with Crippen molar-refractivity contribution in [3.8, 4) is 0 Å². The third kappa shape index (κ3) is 4.00. The zero-order valence-electron chi connectivity index (χ0n) is 11.0. The molecule has 3 nitrogen and oxygen atoms in total. The van der Waals surface area contributed by atoms with Crippen LogP contribution in [0.25, 0.3) is 0 Å². The van der Waals surface area contributed by atoms with Crippen LogP contribution in [0.2, 0.25) is 5.15 Å². The summed E-state index contributed by atoms with van der Waals surface area (Å²) in [6.07, 6.45) is 0. The van der Waals surface area contributed by atoms with Crippen LogP contribution in [-0.2, 0) is 5.41 Å². The quantitative estimate of drug-likeness (QED) is 0.824. The summed E-state index contributed by atoms with van der Waals surface area (Å²) in [6, 6.07) is 3.49. The molecule has 1 aromatic heterocycles. The molecule has 0 bridgehead atoms. The number of nitrogens with zero attached hydrogens (tertiary/aromatic N) is 1. The van der Waals surface area contributed by atoms with Crippen LogP contribution in [0.5, 0.6) is 0 Å². The van der Waals surface area contributed by atoms with Gasteiger partial charge in [-0.15, -0.1) is 0 Å². The summed E-state index contributed by atoms with van der Waals surface area (Å²) >= 11 is 5.95. The summed E-state index contributed by atoms with van der Waals surface area (Å²) in [6.45, 7) is 9.96. The highest BCUT2D eigenvalue weighted by Gasteiger charge is 2.19. The number of carbonyl (C=O) groups excluding carboxylic acids is 1. The highest BCUT2D eigenvalue weighted by atomic mass is 35.5. The van der Waals surface area contributed by atoms with Crippen molar-refractivity contribution in [2.45, 2.75) is 46.1 Å². The van der Waals surface area contributed by atoms with E-state index in [1.807, 2.05) is 34.6 Å². The van der Waals surface area contributed by atoms with E-state index in [4.69, 9.17) is 11.6 Å². The second kappa shape index (κ2) is 5.05. The SMILES string of the molecule is CC(C)NC(=O)c1cc(Cl)nc(C(C)(C)C)c1. The van der Waals surface area contributed by atoms with Gasteiger partial charge in [0.1, 0.15) is 5.15 Å². The number of halogens is 1. The van der Waals surface area contributed by atoms with Gasteiger partial charge in [0.05, 0.1) is 0 Å². The maximum Gasteiger partial charge on any atom is 0.251 e. The Morgan fingerprint density at radius 3 is 2.41 bits per heavy atom. The van der Waals surface area contributed by atoms with E-state index in [2.05, 4.69) is 10.3 Å². The fourth-order valence-corrected chi connectivity index (χ4v) is 1.57. The Hall–Kier alpha value is -1.09. The predicted molar refractivity (Wildman–Crippen MR) is 70.5 cm³/mol. The van der Waals surface area contributed by atoms with Gasteiger partial charge in [-0.05, 0) is 26.0 Å². The van der Waals surface area contributed by atoms with E-state index in [0.717, 1.165) is 5.69 Å². The van der Waals surface area contributed by atoms with Gasteiger partial charge in [-0.2, -0.15) is 0 Å². The average molecular weight is 255 g/mol. The van der Waals surface area contributed by atoms with Crippen molar-refractivity contribution in [1.29, 1.82) is 0 Å². The fourth-order valence-electron chi connectivity index (χ4n) is 1.36. The van der Waals surface area contributed by atoms with Gasteiger partial charge < -0.3 is 5.32 Å². The van der Waals surface area contributed by atoms with Crippen molar-refractivity contribution in [2.24, 2.45) is 0 Å². The zero-order valence-corrected chi connectivity index (χ0v) is 11.7. The molecular weight excluding hydrogens is 236 g/mol.